The predicted molar refractivity (Wildman–Crippen MR) is 102 cm³/mol. The zero-order valence-corrected chi connectivity index (χ0v) is 16.3. The molecule has 0 radical (unpaired) electrons. The number of oxazole rings is 1. The molecule has 0 saturated heterocycles. The largest absolute Gasteiger partial charge is 0.478 e. The van der Waals surface area contributed by atoms with Gasteiger partial charge in [-0.2, -0.15) is 0 Å². The molecule has 7 nitrogen and oxygen atoms in total. The van der Waals surface area contributed by atoms with E-state index >= 15 is 0 Å². The van der Waals surface area contributed by atoms with Crippen molar-refractivity contribution in [1.29, 1.82) is 0 Å². The molecule has 2 aromatic rings. The van der Waals surface area contributed by atoms with Crippen molar-refractivity contribution < 1.29 is 9.15 Å². The first-order valence-electron chi connectivity index (χ1n) is 8.98. The van der Waals surface area contributed by atoms with Gasteiger partial charge in [0.25, 0.3) is 0 Å². The normalized spacial score (nSPS) is 12.1. The van der Waals surface area contributed by atoms with Gasteiger partial charge < -0.3 is 19.8 Å². The van der Waals surface area contributed by atoms with Gasteiger partial charge in [0.05, 0.1) is 25.9 Å². The molecule has 0 fully saturated rings. The van der Waals surface area contributed by atoms with E-state index in [1.807, 2.05) is 26.0 Å². The van der Waals surface area contributed by atoms with Crippen LogP contribution in [0.15, 0.2) is 33.9 Å². The smallest absolute Gasteiger partial charge is 0.218 e. The highest BCUT2D eigenvalue weighted by Crippen LogP contribution is 2.22. The molecule has 2 heterocycles. The van der Waals surface area contributed by atoms with Gasteiger partial charge >= 0.3 is 0 Å². The fourth-order valence-electron chi connectivity index (χ4n) is 2.22. The molecule has 0 aromatic carbocycles. The van der Waals surface area contributed by atoms with Crippen LogP contribution in [0.5, 0.6) is 5.88 Å². The minimum absolute atomic E-state index is 0.0557. The van der Waals surface area contributed by atoms with Gasteiger partial charge in [-0.3, -0.25) is 0 Å². The van der Waals surface area contributed by atoms with Crippen LogP contribution in [0.3, 0.4) is 0 Å². The highest BCUT2D eigenvalue weighted by Gasteiger charge is 2.19. The first kappa shape index (κ1) is 19.8. The molecule has 0 spiro atoms. The van der Waals surface area contributed by atoms with Gasteiger partial charge in [0.15, 0.2) is 5.96 Å². The third-order valence-electron chi connectivity index (χ3n) is 3.58. The summed E-state index contributed by atoms with van der Waals surface area (Å²) in [6.45, 7) is 12.5. The van der Waals surface area contributed by atoms with Crippen LogP contribution in [-0.4, -0.2) is 29.1 Å². The number of nitrogens with zero attached hydrogens (tertiary/aromatic N) is 3. The van der Waals surface area contributed by atoms with Crippen molar-refractivity contribution in [3.05, 3.63) is 41.7 Å². The number of ether oxygens (including phenoxy) is 1. The quantitative estimate of drug-likeness (QED) is 0.584. The number of hydrogen-bond acceptors (Lipinski definition) is 5. The number of hydrogen-bond donors (Lipinski definition) is 2. The Morgan fingerprint density at radius 2 is 2.04 bits per heavy atom. The molecule has 0 saturated carbocycles. The van der Waals surface area contributed by atoms with Crippen LogP contribution in [0, 0.1) is 0 Å². The Hall–Kier alpha value is -2.57. The zero-order valence-electron chi connectivity index (χ0n) is 16.3. The van der Waals surface area contributed by atoms with Crippen molar-refractivity contribution in [1.82, 2.24) is 20.6 Å². The summed E-state index contributed by atoms with van der Waals surface area (Å²) in [5, 5.41) is 6.46. The fraction of sp³-hybridized carbons (Fsp3) is 0.526. The van der Waals surface area contributed by atoms with Crippen LogP contribution in [-0.2, 0) is 18.5 Å². The van der Waals surface area contributed by atoms with Gasteiger partial charge in [-0.15, -0.1) is 0 Å². The molecule has 2 aromatic heterocycles. The first-order valence-corrected chi connectivity index (χ1v) is 8.98. The van der Waals surface area contributed by atoms with Crippen molar-refractivity contribution in [3.63, 3.8) is 0 Å². The topological polar surface area (TPSA) is 84.6 Å². The van der Waals surface area contributed by atoms with Gasteiger partial charge in [-0.1, -0.05) is 26.8 Å². The summed E-state index contributed by atoms with van der Waals surface area (Å²) in [6, 6.07) is 3.85. The van der Waals surface area contributed by atoms with Gasteiger partial charge in [-0.25, -0.2) is 15.0 Å². The molecule has 7 heteroatoms. The van der Waals surface area contributed by atoms with Crippen LogP contribution < -0.4 is 15.4 Å². The third kappa shape index (κ3) is 5.75. The van der Waals surface area contributed by atoms with E-state index < -0.39 is 0 Å². The highest BCUT2D eigenvalue weighted by atomic mass is 16.5. The number of pyridine rings is 1. The van der Waals surface area contributed by atoms with E-state index in [1.165, 1.54) is 0 Å². The van der Waals surface area contributed by atoms with E-state index in [1.54, 1.807) is 12.4 Å². The SMILES string of the molecule is CCNC(=NCc1cccnc1OCC)NCc1ncc(C(C)(C)C)o1. The minimum Gasteiger partial charge on any atom is -0.478 e. The summed E-state index contributed by atoms with van der Waals surface area (Å²) in [5.74, 6) is 2.82. The Morgan fingerprint density at radius 1 is 1.23 bits per heavy atom. The molecule has 0 aliphatic rings. The average molecular weight is 359 g/mol. The Bertz CT molecular complexity index is 719. The monoisotopic (exact) mass is 359 g/mol. The summed E-state index contributed by atoms with van der Waals surface area (Å²) < 4.78 is 11.4. The number of aromatic nitrogens is 2. The zero-order chi connectivity index (χ0) is 19.0. The number of nitrogens with one attached hydrogen (secondary N) is 2. The molecule has 0 atom stereocenters. The van der Waals surface area contributed by atoms with Crippen molar-refractivity contribution >= 4 is 5.96 Å². The summed E-state index contributed by atoms with van der Waals surface area (Å²) in [4.78, 5) is 13.2. The van der Waals surface area contributed by atoms with Crippen LogP contribution >= 0.6 is 0 Å². The highest BCUT2D eigenvalue weighted by molar-refractivity contribution is 5.79. The number of rotatable bonds is 7. The lowest BCUT2D eigenvalue weighted by Gasteiger charge is -2.13. The maximum atomic E-state index is 5.80. The van der Waals surface area contributed by atoms with E-state index in [0.717, 1.165) is 17.9 Å². The van der Waals surface area contributed by atoms with Crippen molar-refractivity contribution in [2.75, 3.05) is 13.2 Å². The molecule has 0 aliphatic heterocycles. The molecule has 2 rings (SSSR count). The van der Waals surface area contributed by atoms with E-state index in [0.29, 0.717) is 37.4 Å². The van der Waals surface area contributed by atoms with Gasteiger partial charge in [-0.05, 0) is 19.9 Å². The number of aliphatic imine (C=N–C) groups is 1. The Labute approximate surface area is 155 Å². The Morgan fingerprint density at radius 3 is 2.69 bits per heavy atom. The lowest BCUT2D eigenvalue weighted by molar-refractivity contribution is 0.323. The molecule has 0 aliphatic carbocycles. The van der Waals surface area contributed by atoms with Crippen molar-refractivity contribution in [2.24, 2.45) is 4.99 Å². The van der Waals surface area contributed by atoms with Gasteiger partial charge in [0, 0.05) is 23.7 Å². The van der Waals surface area contributed by atoms with Gasteiger partial charge in [0.1, 0.15) is 5.76 Å². The second kappa shape index (κ2) is 9.22. The van der Waals surface area contributed by atoms with Crippen LogP contribution in [0.4, 0.5) is 0 Å². The molecule has 0 amide bonds. The summed E-state index contributed by atoms with van der Waals surface area (Å²) in [6.07, 6.45) is 3.50. The van der Waals surface area contributed by atoms with E-state index in [2.05, 4.69) is 46.4 Å². The molecule has 142 valence electrons. The summed E-state index contributed by atoms with van der Waals surface area (Å²) >= 11 is 0. The Kier molecular flexibility index (Phi) is 7.00. The molecular formula is C19H29N5O2. The molecular weight excluding hydrogens is 330 g/mol. The first-order chi connectivity index (χ1) is 12.4. The van der Waals surface area contributed by atoms with E-state index in [4.69, 9.17) is 9.15 Å². The standard InChI is InChI=1S/C19H29N5O2/c1-6-20-18(23-11-14-9-8-10-21-17(14)25-7-2)24-13-16-22-12-15(26-16)19(3,4)5/h8-10,12H,6-7,11,13H2,1-5H3,(H2,20,23,24). The maximum absolute atomic E-state index is 5.80. The number of guanidine groups is 1. The molecule has 0 unspecified atom stereocenters. The second-order valence-electron chi connectivity index (χ2n) is 6.82. The molecule has 26 heavy (non-hydrogen) atoms. The summed E-state index contributed by atoms with van der Waals surface area (Å²) in [7, 11) is 0. The van der Waals surface area contributed by atoms with Gasteiger partial charge in [0.2, 0.25) is 11.8 Å². The average Bonchev–Trinajstić information content (AvgIpc) is 3.08. The second-order valence-corrected chi connectivity index (χ2v) is 6.82. The van der Waals surface area contributed by atoms with Crippen LogP contribution in [0.25, 0.3) is 0 Å². The van der Waals surface area contributed by atoms with E-state index in [9.17, 15) is 0 Å². The predicted octanol–water partition coefficient (Wildman–Crippen LogP) is 3.02. The van der Waals surface area contributed by atoms with E-state index in [-0.39, 0.29) is 5.41 Å². The van der Waals surface area contributed by atoms with Crippen molar-refractivity contribution in [3.8, 4) is 5.88 Å². The fourth-order valence-corrected chi connectivity index (χ4v) is 2.22. The van der Waals surface area contributed by atoms with Crippen LogP contribution in [0.1, 0.15) is 51.8 Å². The summed E-state index contributed by atoms with van der Waals surface area (Å²) in [5.41, 5.74) is 0.887. The molecule has 2 N–H and O–H groups in total. The van der Waals surface area contributed by atoms with Crippen LogP contribution in [0.2, 0.25) is 0 Å². The lowest BCUT2D eigenvalue weighted by atomic mass is 9.94. The third-order valence-corrected chi connectivity index (χ3v) is 3.58. The molecule has 0 bridgehead atoms. The van der Waals surface area contributed by atoms with Crippen molar-refractivity contribution in [2.45, 2.75) is 53.1 Å². The maximum Gasteiger partial charge on any atom is 0.218 e. The minimum atomic E-state index is -0.0557. The Balaban J connectivity index is 2.02. The lowest BCUT2D eigenvalue weighted by Crippen LogP contribution is -2.36.